The smallest absolute Gasteiger partial charge is 0.305 e. The van der Waals surface area contributed by atoms with Gasteiger partial charge in [-0.1, -0.05) is 33.6 Å². The van der Waals surface area contributed by atoms with E-state index in [9.17, 15) is 4.79 Å². The fourth-order valence-corrected chi connectivity index (χ4v) is 9.05. The lowest BCUT2D eigenvalue weighted by molar-refractivity contribution is -0.143. The minimum atomic E-state index is 0.00121. The molecule has 0 aromatic rings. The van der Waals surface area contributed by atoms with Crippen molar-refractivity contribution in [2.24, 2.45) is 46.3 Å². The van der Waals surface area contributed by atoms with Crippen molar-refractivity contribution in [2.45, 2.75) is 105 Å². The SMILES string of the molecule is CCOC(=O)CC[C@@H](C)[C@H]1CC[C@H]2[C@@H]3CC[C@@H]4CCCC[C@]4(C)[C@H]3CC[C@]12C. The van der Waals surface area contributed by atoms with Gasteiger partial charge in [-0.05, 0) is 111 Å². The zero-order valence-corrected chi connectivity index (χ0v) is 19.0. The van der Waals surface area contributed by atoms with Gasteiger partial charge in [-0.3, -0.25) is 4.79 Å². The number of rotatable bonds is 5. The lowest BCUT2D eigenvalue weighted by atomic mass is 9.44. The van der Waals surface area contributed by atoms with Crippen molar-refractivity contribution >= 4 is 5.97 Å². The van der Waals surface area contributed by atoms with Crippen molar-refractivity contribution in [1.82, 2.24) is 0 Å². The summed E-state index contributed by atoms with van der Waals surface area (Å²) in [5.41, 5.74) is 1.17. The van der Waals surface area contributed by atoms with Crippen LogP contribution in [0, 0.1) is 46.3 Å². The monoisotopic (exact) mass is 388 g/mol. The van der Waals surface area contributed by atoms with Crippen LogP contribution < -0.4 is 0 Å². The number of carbonyl (C=O) groups is 1. The number of fused-ring (bicyclic) bond motifs is 5. The third-order valence-electron chi connectivity index (χ3n) is 10.5. The van der Waals surface area contributed by atoms with Gasteiger partial charge < -0.3 is 4.74 Å². The number of hydrogen-bond acceptors (Lipinski definition) is 2. The van der Waals surface area contributed by atoms with Crippen LogP contribution in [0.15, 0.2) is 0 Å². The molecule has 28 heavy (non-hydrogen) atoms. The molecule has 2 nitrogen and oxygen atoms in total. The first-order valence-electron chi connectivity index (χ1n) is 12.6. The minimum absolute atomic E-state index is 0.00121. The molecule has 0 amide bonds. The Kier molecular flexibility index (Phi) is 5.89. The number of esters is 1. The fourth-order valence-electron chi connectivity index (χ4n) is 9.05. The Morgan fingerprint density at radius 3 is 2.54 bits per heavy atom. The molecule has 4 aliphatic rings. The van der Waals surface area contributed by atoms with Gasteiger partial charge in [0, 0.05) is 6.42 Å². The van der Waals surface area contributed by atoms with Crippen LogP contribution >= 0.6 is 0 Å². The minimum Gasteiger partial charge on any atom is -0.466 e. The summed E-state index contributed by atoms with van der Waals surface area (Å²) in [5.74, 6) is 5.41. The maximum atomic E-state index is 11.9. The summed E-state index contributed by atoms with van der Waals surface area (Å²) >= 11 is 0. The highest BCUT2D eigenvalue weighted by Crippen LogP contribution is 2.68. The number of hydrogen-bond donors (Lipinski definition) is 0. The molecule has 0 aromatic heterocycles. The van der Waals surface area contributed by atoms with E-state index in [1.165, 1.54) is 64.2 Å². The topological polar surface area (TPSA) is 26.3 Å². The Balaban J connectivity index is 1.45. The van der Waals surface area contributed by atoms with Gasteiger partial charge in [0.05, 0.1) is 6.61 Å². The summed E-state index contributed by atoms with van der Waals surface area (Å²) in [6.07, 6.45) is 16.4. The van der Waals surface area contributed by atoms with Crippen molar-refractivity contribution < 1.29 is 9.53 Å². The molecule has 0 spiro atoms. The molecule has 0 unspecified atom stereocenters. The van der Waals surface area contributed by atoms with Crippen LogP contribution in [0.3, 0.4) is 0 Å². The Labute approximate surface area is 173 Å². The fraction of sp³-hybridized carbons (Fsp3) is 0.962. The molecule has 2 heteroatoms. The quantitative estimate of drug-likeness (QED) is 0.473. The maximum absolute atomic E-state index is 11.9. The van der Waals surface area contributed by atoms with Crippen LogP contribution in [-0.2, 0) is 9.53 Å². The first-order valence-corrected chi connectivity index (χ1v) is 12.6. The molecule has 4 aliphatic carbocycles. The van der Waals surface area contributed by atoms with Gasteiger partial charge in [-0.15, -0.1) is 0 Å². The van der Waals surface area contributed by atoms with Crippen LogP contribution in [0.2, 0.25) is 0 Å². The van der Waals surface area contributed by atoms with E-state index < -0.39 is 0 Å². The molecule has 4 saturated carbocycles. The van der Waals surface area contributed by atoms with E-state index >= 15 is 0 Å². The third-order valence-corrected chi connectivity index (χ3v) is 10.5. The van der Waals surface area contributed by atoms with Crippen LogP contribution in [0.1, 0.15) is 105 Å². The van der Waals surface area contributed by atoms with Crippen LogP contribution in [0.4, 0.5) is 0 Å². The molecule has 0 N–H and O–H groups in total. The highest BCUT2D eigenvalue weighted by Gasteiger charge is 2.60. The van der Waals surface area contributed by atoms with E-state index in [1.807, 2.05) is 6.92 Å². The summed E-state index contributed by atoms with van der Waals surface area (Å²) < 4.78 is 5.18. The van der Waals surface area contributed by atoms with E-state index in [-0.39, 0.29) is 5.97 Å². The lowest BCUT2D eigenvalue weighted by Gasteiger charge is -2.61. The Hall–Kier alpha value is -0.530. The second-order valence-electron chi connectivity index (χ2n) is 11.5. The van der Waals surface area contributed by atoms with Crippen molar-refractivity contribution in [3.8, 4) is 0 Å². The standard InChI is InChI=1S/C26H44O2/c1-5-28-24(27)14-9-18(2)21-12-13-22-20-11-10-19-8-6-7-16-25(19,3)23(20)15-17-26(21,22)4/h18-23H,5-17H2,1-4H3/t18-,19+,20+,21-,22+,23+,25+,26-/m1/s1. The largest absolute Gasteiger partial charge is 0.466 e. The molecular formula is C26H44O2. The van der Waals surface area contributed by atoms with Crippen LogP contribution in [0.5, 0.6) is 0 Å². The highest BCUT2D eigenvalue weighted by atomic mass is 16.5. The van der Waals surface area contributed by atoms with Crippen LogP contribution in [-0.4, -0.2) is 12.6 Å². The van der Waals surface area contributed by atoms with E-state index in [4.69, 9.17) is 4.74 Å². The highest BCUT2D eigenvalue weighted by molar-refractivity contribution is 5.69. The molecule has 4 fully saturated rings. The van der Waals surface area contributed by atoms with Gasteiger partial charge >= 0.3 is 5.97 Å². The molecule has 8 atom stereocenters. The van der Waals surface area contributed by atoms with Gasteiger partial charge in [-0.2, -0.15) is 0 Å². The Bertz CT molecular complexity index is 571. The van der Waals surface area contributed by atoms with Crippen molar-refractivity contribution in [3.05, 3.63) is 0 Å². The molecule has 0 bridgehead atoms. The second-order valence-corrected chi connectivity index (χ2v) is 11.5. The third kappa shape index (κ3) is 3.35. The molecule has 0 heterocycles. The summed E-state index contributed by atoms with van der Waals surface area (Å²) in [7, 11) is 0. The predicted octanol–water partition coefficient (Wildman–Crippen LogP) is 7.01. The molecule has 0 aliphatic heterocycles. The van der Waals surface area contributed by atoms with Gasteiger partial charge in [0.2, 0.25) is 0 Å². The van der Waals surface area contributed by atoms with E-state index in [0.29, 0.717) is 29.8 Å². The normalized spacial score (nSPS) is 46.2. The van der Waals surface area contributed by atoms with E-state index in [0.717, 1.165) is 36.0 Å². The Morgan fingerprint density at radius 1 is 0.964 bits per heavy atom. The summed E-state index contributed by atoms with van der Waals surface area (Å²) in [6.45, 7) is 10.2. The maximum Gasteiger partial charge on any atom is 0.305 e. The zero-order valence-electron chi connectivity index (χ0n) is 19.0. The van der Waals surface area contributed by atoms with Gasteiger partial charge in [0.1, 0.15) is 0 Å². The molecule has 0 aromatic carbocycles. The van der Waals surface area contributed by atoms with Crippen molar-refractivity contribution in [2.75, 3.05) is 6.61 Å². The molecule has 0 radical (unpaired) electrons. The lowest BCUT2D eigenvalue weighted by Crippen LogP contribution is -2.53. The summed E-state index contributed by atoms with van der Waals surface area (Å²) in [6, 6.07) is 0. The number of ether oxygens (including phenoxy) is 1. The Morgan fingerprint density at radius 2 is 1.75 bits per heavy atom. The zero-order chi connectivity index (χ0) is 19.9. The molecule has 4 rings (SSSR count). The van der Waals surface area contributed by atoms with Crippen molar-refractivity contribution in [1.29, 1.82) is 0 Å². The second kappa shape index (κ2) is 7.95. The van der Waals surface area contributed by atoms with Crippen molar-refractivity contribution in [3.63, 3.8) is 0 Å². The van der Waals surface area contributed by atoms with E-state index in [1.54, 1.807) is 0 Å². The first kappa shape index (κ1) is 20.7. The van der Waals surface area contributed by atoms with Gasteiger partial charge in [-0.25, -0.2) is 0 Å². The van der Waals surface area contributed by atoms with Gasteiger partial charge in [0.25, 0.3) is 0 Å². The predicted molar refractivity (Wildman–Crippen MR) is 115 cm³/mol. The average Bonchev–Trinajstić information content (AvgIpc) is 3.03. The molecule has 0 saturated heterocycles. The van der Waals surface area contributed by atoms with Gasteiger partial charge in [0.15, 0.2) is 0 Å². The molecular weight excluding hydrogens is 344 g/mol. The van der Waals surface area contributed by atoms with Crippen LogP contribution in [0.25, 0.3) is 0 Å². The number of carbonyl (C=O) groups excluding carboxylic acids is 1. The first-order chi connectivity index (χ1) is 13.4. The molecule has 160 valence electrons. The summed E-state index contributed by atoms with van der Waals surface area (Å²) in [4.78, 5) is 11.9. The van der Waals surface area contributed by atoms with E-state index in [2.05, 4.69) is 20.8 Å². The average molecular weight is 389 g/mol. The summed E-state index contributed by atoms with van der Waals surface area (Å²) in [5, 5.41) is 0.